The zero-order valence-electron chi connectivity index (χ0n) is 11.1. The van der Waals surface area contributed by atoms with Gasteiger partial charge >= 0.3 is 0 Å². The first-order valence-corrected chi connectivity index (χ1v) is 6.41. The number of nitro benzene ring substituents is 1. The fourth-order valence-electron chi connectivity index (χ4n) is 2.25. The van der Waals surface area contributed by atoms with E-state index in [1.807, 2.05) is 0 Å². The number of terminal acetylenes is 1. The van der Waals surface area contributed by atoms with Crippen molar-refractivity contribution in [3.63, 3.8) is 0 Å². The van der Waals surface area contributed by atoms with E-state index in [0.717, 1.165) is 32.2 Å². The van der Waals surface area contributed by atoms with Gasteiger partial charge in [-0.1, -0.05) is 5.92 Å². The first-order chi connectivity index (χ1) is 9.60. The molecule has 5 nitrogen and oxygen atoms in total. The van der Waals surface area contributed by atoms with Crippen molar-refractivity contribution in [3.05, 3.63) is 39.7 Å². The largest absolute Gasteiger partial charge is 0.296 e. The molecule has 0 bridgehead atoms. The van der Waals surface area contributed by atoms with E-state index in [4.69, 9.17) is 6.42 Å². The Morgan fingerprint density at radius 3 is 2.50 bits per heavy atom. The van der Waals surface area contributed by atoms with Gasteiger partial charge in [0.15, 0.2) is 0 Å². The van der Waals surface area contributed by atoms with Gasteiger partial charge in [0.25, 0.3) is 5.69 Å². The molecule has 1 aliphatic rings. The van der Waals surface area contributed by atoms with Crippen LogP contribution in [0.2, 0.25) is 0 Å². The molecule has 1 saturated heterocycles. The smallest absolute Gasteiger partial charge is 0.272 e. The molecule has 20 heavy (non-hydrogen) atoms. The van der Waals surface area contributed by atoms with Gasteiger partial charge in [-0.25, -0.2) is 4.39 Å². The third-order valence-electron chi connectivity index (χ3n) is 3.42. The van der Waals surface area contributed by atoms with Gasteiger partial charge in [0.05, 0.1) is 17.5 Å². The molecule has 6 heteroatoms. The van der Waals surface area contributed by atoms with E-state index in [1.165, 1.54) is 12.1 Å². The zero-order chi connectivity index (χ0) is 14.5. The highest BCUT2D eigenvalue weighted by Crippen LogP contribution is 2.18. The van der Waals surface area contributed by atoms with E-state index in [9.17, 15) is 14.5 Å². The predicted octanol–water partition coefficient (Wildman–Crippen LogP) is 1.48. The lowest BCUT2D eigenvalue weighted by atomic mass is 10.1. The van der Waals surface area contributed by atoms with Gasteiger partial charge in [-0.3, -0.25) is 19.9 Å². The maximum absolute atomic E-state index is 13.8. The Labute approximate surface area is 117 Å². The average Bonchev–Trinajstić information content (AvgIpc) is 2.43. The molecule has 0 aliphatic carbocycles. The monoisotopic (exact) mass is 277 g/mol. The summed E-state index contributed by atoms with van der Waals surface area (Å²) in [6.45, 7) is 4.46. The molecule has 0 saturated carbocycles. The van der Waals surface area contributed by atoms with Gasteiger partial charge in [0, 0.05) is 44.4 Å². The quantitative estimate of drug-likeness (QED) is 0.475. The molecule has 0 amide bonds. The Morgan fingerprint density at radius 1 is 1.30 bits per heavy atom. The van der Waals surface area contributed by atoms with E-state index in [0.29, 0.717) is 18.7 Å². The van der Waals surface area contributed by atoms with Crippen molar-refractivity contribution in [2.45, 2.75) is 6.54 Å². The maximum Gasteiger partial charge on any atom is 0.272 e. The first-order valence-electron chi connectivity index (χ1n) is 6.41. The van der Waals surface area contributed by atoms with Crippen LogP contribution in [0.1, 0.15) is 5.56 Å². The summed E-state index contributed by atoms with van der Waals surface area (Å²) in [4.78, 5) is 14.3. The van der Waals surface area contributed by atoms with E-state index >= 15 is 0 Å². The number of halogens is 1. The second kappa shape index (κ2) is 6.46. The van der Waals surface area contributed by atoms with Crippen molar-refractivity contribution in [1.29, 1.82) is 0 Å². The second-order valence-electron chi connectivity index (χ2n) is 4.79. The van der Waals surface area contributed by atoms with Crippen LogP contribution in [0.5, 0.6) is 0 Å². The molecule has 0 atom stereocenters. The standard InChI is InChI=1S/C14H16FN3O2/c1-2-5-16-6-8-17(9-7-16)11-12-3-4-13(18(19)20)10-14(12)15/h1,3-4,10H,5-9,11H2. The molecular formula is C14H16FN3O2. The molecule has 1 fully saturated rings. The van der Waals surface area contributed by atoms with E-state index < -0.39 is 10.7 Å². The molecule has 1 aromatic rings. The summed E-state index contributed by atoms with van der Waals surface area (Å²) in [5.41, 5.74) is 0.270. The Morgan fingerprint density at radius 2 is 1.95 bits per heavy atom. The van der Waals surface area contributed by atoms with Crippen molar-refractivity contribution in [2.24, 2.45) is 0 Å². The molecule has 2 rings (SSSR count). The lowest BCUT2D eigenvalue weighted by molar-refractivity contribution is -0.385. The fraction of sp³-hybridized carbons (Fsp3) is 0.429. The zero-order valence-corrected chi connectivity index (χ0v) is 11.1. The summed E-state index contributed by atoms with van der Waals surface area (Å²) in [7, 11) is 0. The van der Waals surface area contributed by atoms with Crippen LogP contribution in [0, 0.1) is 28.3 Å². The van der Waals surface area contributed by atoms with Crippen LogP contribution in [0.15, 0.2) is 18.2 Å². The minimum atomic E-state index is -0.592. The molecule has 106 valence electrons. The van der Waals surface area contributed by atoms with Crippen LogP contribution in [0.3, 0.4) is 0 Å². The lowest BCUT2D eigenvalue weighted by Crippen LogP contribution is -2.45. The summed E-state index contributed by atoms with van der Waals surface area (Å²) in [6, 6.07) is 3.80. The molecule has 0 N–H and O–H groups in total. The average molecular weight is 277 g/mol. The summed E-state index contributed by atoms with van der Waals surface area (Å²) in [5.74, 6) is 2.09. The van der Waals surface area contributed by atoms with Crippen molar-refractivity contribution in [2.75, 3.05) is 32.7 Å². The van der Waals surface area contributed by atoms with Gasteiger partial charge in [0.2, 0.25) is 0 Å². The number of hydrogen-bond acceptors (Lipinski definition) is 4. The van der Waals surface area contributed by atoms with Crippen LogP contribution in [0.4, 0.5) is 10.1 Å². The van der Waals surface area contributed by atoms with Crippen LogP contribution >= 0.6 is 0 Å². The minimum absolute atomic E-state index is 0.218. The highest BCUT2D eigenvalue weighted by Gasteiger charge is 2.18. The summed E-state index contributed by atoms with van der Waals surface area (Å²) < 4.78 is 13.8. The number of rotatable bonds is 4. The highest BCUT2D eigenvalue weighted by molar-refractivity contribution is 5.34. The van der Waals surface area contributed by atoms with Gasteiger partial charge < -0.3 is 0 Å². The van der Waals surface area contributed by atoms with Gasteiger partial charge in [-0.2, -0.15) is 0 Å². The number of nitrogens with zero attached hydrogens (tertiary/aromatic N) is 3. The van der Waals surface area contributed by atoms with Crippen LogP contribution in [-0.2, 0) is 6.54 Å². The minimum Gasteiger partial charge on any atom is -0.296 e. The Balaban J connectivity index is 1.95. The van der Waals surface area contributed by atoms with Crippen LogP contribution < -0.4 is 0 Å². The highest BCUT2D eigenvalue weighted by atomic mass is 19.1. The SMILES string of the molecule is C#CCN1CCN(Cc2ccc([N+](=O)[O-])cc2F)CC1. The second-order valence-corrected chi connectivity index (χ2v) is 4.79. The molecule has 0 spiro atoms. The Kier molecular flexibility index (Phi) is 4.66. The van der Waals surface area contributed by atoms with Crippen LogP contribution in [0.25, 0.3) is 0 Å². The number of benzene rings is 1. The van der Waals surface area contributed by atoms with Crippen LogP contribution in [-0.4, -0.2) is 47.4 Å². The number of non-ortho nitro benzene ring substituents is 1. The number of piperazine rings is 1. The summed E-state index contributed by atoms with van der Waals surface area (Å²) >= 11 is 0. The van der Waals surface area contributed by atoms with Gasteiger partial charge in [0.1, 0.15) is 5.82 Å². The molecule has 1 heterocycles. The Bertz CT molecular complexity index is 534. The topological polar surface area (TPSA) is 49.6 Å². The molecule has 1 aromatic carbocycles. The summed E-state index contributed by atoms with van der Waals surface area (Å²) in [5, 5.41) is 10.6. The molecule has 0 aromatic heterocycles. The number of hydrogen-bond donors (Lipinski definition) is 0. The van der Waals surface area contributed by atoms with Crippen molar-refractivity contribution in [1.82, 2.24) is 9.80 Å². The first kappa shape index (κ1) is 14.4. The van der Waals surface area contributed by atoms with E-state index in [-0.39, 0.29) is 5.69 Å². The van der Waals surface area contributed by atoms with Gasteiger partial charge in [-0.05, 0) is 6.07 Å². The van der Waals surface area contributed by atoms with Crippen molar-refractivity contribution in [3.8, 4) is 12.3 Å². The third-order valence-corrected chi connectivity index (χ3v) is 3.42. The Hall–Kier alpha value is -1.97. The predicted molar refractivity (Wildman–Crippen MR) is 73.6 cm³/mol. The summed E-state index contributed by atoms with van der Waals surface area (Å²) in [6.07, 6.45) is 5.27. The molecule has 0 radical (unpaired) electrons. The fourth-order valence-corrected chi connectivity index (χ4v) is 2.25. The number of nitro groups is 1. The van der Waals surface area contributed by atoms with Crippen molar-refractivity contribution < 1.29 is 9.31 Å². The molecule has 1 aliphatic heterocycles. The lowest BCUT2D eigenvalue weighted by Gasteiger charge is -2.33. The third kappa shape index (κ3) is 3.53. The normalized spacial score (nSPS) is 16.8. The molecule has 0 unspecified atom stereocenters. The van der Waals surface area contributed by atoms with Crippen molar-refractivity contribution >= 4 is 5.69 Å². The van der Waals surface area contributed by atoms with E-state index in [2.05, 4.69) is 15.7 Å². The van der Waals surface area contributed by atoms with E-state index in [1.54, 1.807) is 0 Å². The maximum atomic E-state index is 13.8. The van der Waals surface area contributed by atoms with Gasteiger partial charge in [-0.15, -0.1) is 6.42 Å². The molecular weight excluding hydrogens is 261 g/mol.